The molecule has 30 heavy (non-hydrogen) atoms. The SMILES string of the molecule is CCOC(=O)c1sc(-c2cccc(OCC)c2)c(C)c1-c1ccc(S(N)(=O)=O)cc1. The highest BCUT2D eigenvalue weighted by atomic mass is 32.2. The number of carbonyl (C=O) groups excluding carboxylic acids is 1. The molecule has 0 atom stereocenters. The van der Waals surface area contributed by atoms with E-state index in [0.717, 1.165) is 27.3 Å². The quantitative estimate of drug-likeness (QED) is 0.536. The molecule has 0 saturated carbocycles. The first kappa shape index (κ1) is 22.0. The van der Waals surface area contributed by atoms with Gasteiger partial charge in [0.1, 0.15) is 10.6 Å². The lowest BCUT2D eigenvalue weighted by molar-refractivity contribution is 0.0533. The van der Waals surface area contributed by atoms with Gasteiger partial charge in [0.25, 0.3) is 0 Å². The fourth-order valence-corrected chi connectivity index (χ4v) is 4.92. The molecule has 6 nitrogen and oxygen atoms in total. The molecular weight excluding hydrogens is 422 g/mol. The van der Waals surface area contributed by atoms with Gasteiger partial charge in [0, 0.05) is 10.4 Å². The largest absolute Gasteiger partial charge is 0.494 e. The van der Waals surface area contributed by atoms with Gasteiger partial charge >= 0.3 is 5.97 Å². The van der Waals surface area contributed by atoms with E-state index in [1.165, 1.54) is 23.5 Å². The van der Waals surface area contributed by atoms with E-state index in [4.69, 9.17) is 14.6 Å². The van der Waals surface area contributed by atoms with Crippen molar-refractivity contribution >= 4 is 27.3 Å². The normalized spacial score (nSPS) is 11.3. The summed E-state index contributed by atoms with van der Waals surface area (Å²) in [5.74, 6) is 0.336. The number of sulfonamides is 1. The zero-order valence-corrected chi connectivity index (χ0v) is 18.6. The average molecular weight is 446 g/mol. The van der Waals surface area contributed by atoms with Crippen LogP contribution in [0, 0.1) is 6.92 Å². The summed E-state index contributed by atoms with van der Waals surface area (Å²) >= 11 is 1.35. The molecule has 2 aromatic carbocycles. The van der Waals surface area contributed by atoms with E-state index >= 15 is 0 Å². The van der Waals surface area contributed by atoms with Crippen LogP contribution >= 0.6 is 11.3 Å². The second-order valence-corrected chi connectivity index (χ2v) is 9.09. The second-order valence-electron chi connectivity index (χ2n) is 6.51. The van der Waals surface area contributed by atoms with Crippen LogP contribution in [-0.2, 0) is 14.8 Å². The molecule has 3 aromatic rings. The summed E-state index contributed by atoms with van der Waals surface area (Å²) in [7, 11) is -3.80. The molecule has 0 aliphatic carbocycles. The Kier molecular flexibility index (Phi) is 6.60. The number of primary sulfonamides is 1. The van der Waals surface area contributed by atoms with Crippen molar-refractivity contribution in [3.05, 3.63) is 59.0 Å². The minimum absolute atomic E-state index is 0.0152. The van der Waals surface area contributed by atoms with Crippen molar-refractivity contribution in [2.24, 2.45) is 5.14 Å². The standard InChI is InChI=1S/C22H23NO5S2/c1-4-27-17-8-6-7-16(13-17)20-14(3)19(21(29-20)22(24)28-5-2)15-9-11-18(12-10-15)30(23,25)26/h6-13H,4-5H2,1-3H3,(H2,23,25,26). The van der Waals surface area contributed by atoms with Gasteiger partial charge in [-0.15, -0.1) is 11.3 Å². The minimum atomic E-state index is -3.80. The van der Waals surface area contributed by atoms with Crippen LogP contribution in [0.1, 0.15) is 29.1 Å². The van der Waals surface area contributed by atoms with Crippen LogP contribution in [0.3, 0.4) is 0 Å². The van der Waals surface area contributed by atoms with E-state index in [1.54, 1.807) is 19.1 Å². The molecule has 3 rings (SSSR count). The number of nitrogens with two attached hydrogens (primary N) is 1. The molecule has 0 aliphatic heterocycles. The van der Waals surface area contributed by atoms with Gasteiger partial charge < -0.3 is 9.47 Å². The molecule has 158 valence electrons. The monoisotopic (exact) mass is 445 g/mol. The molecule has 2 N–H and O–H groups in total. The number of rotatable bonds is 7. The van der Waals surface area contributed by atoms with E-state index < -0.39 is 16.0 Å². The number of hydrogen-bond donors (Lipinski definition) is 1. The zero-order valence-electron chi connectivity index (χ0n) is 17.0. The Hall–Kier alpha value is -2.68. The zero-order chi connectivity index (χ0) is 21.9. The van der Waals surface area contributed by atoms with E-state index in [2.05, 4.69) is 0 Å². The fourth-order valence-electron chi connectivity index (χ4n) is 3.18. The maximum absolute atomic E-state index is 12.7. The third kappa shape index (κ3) is 4.56. The molecule has 0 fully saturated rings. The number of esters is 1. The summed E-state index contributed by atoms with van der Waals surface area (Å²) in [6.45, 7) is 6.43. The van der Waals surface area contributed by atoms with Gasteiger partial charge in [-0.3, -0.25) is 0 Å². The molecule has 0 saturated heterocycles. The van der Waals surface area contributed by atoms with Crippen molar-refractivity contribution in [1.29, 1.82) is 0 Å². The Bertz CT molecular complexity index is 1160. The average Bonchev–Trinajstić information content (AvgIpc) is 3.05. The molecular formula is C22H23NO5S2. The van der Waals surface area contributed by atoms with E-state index in [1.807, 2.05) is 38.1 Å². The molecule has 1 heterocycles. The smallest absolute Gasteiger partial charge is 0.348 e. The van der Waals surface area contributed by atoms with Crippen molar-refractivity contribution < 1.29 is 22.7 Å². The predicted molar refractivity (Wildman–Crippen MR) is 118 cm³/mol. The molecule has 0 amide bonds. The first-order valence-corrected chi connectivity index (χ1v) is 11.8. The number of benzene rings is 2. The highest BCUT2D eigenvalue weighted by molar-refractivity contribution is 7.89. The fraction of sp³-hybridized carbons (Fsp3) is 0.227. The third-order valence-corrected chi connectivity index (χ3v) is 6.74. The highest BCUT2D eigenvalue weighted by Crippen LogP contribution is 2.43. The van der Waals surface area contributed by atoms with Gasteiger partial charge in [0.15, 0.2) is 0 Å². The van der Waals surface area contributed by atoms with Crippen molar-refractivity contribution in [2.45, 2.75) is 25.7 Å². The number of ether oxygens (including phenoxy) is 2. The molecule has 1 aromatic heterocycles. The van der Waals surface area contributed by atoms with Crippen LogP contribution in [0.2, 0.25) is 0 Å². The molecule has 8 heteroatoms. The summed E-state index contributed by atoms with van der Waals surface area (Å²) in [5, 5.41) is 5.20. The minimum Gasteiger partial charge on any atom is -0.494 e. The molecule has 0 unspecified atom stereocenters. The van der Waals surface area contributed by atoms with Gasteiger partial charge in [-0.25, -0.2) is 18.4 Å². The van der Waals surface area contributed by atoms with E-state index in [-0.39, 0.29) is 11.5 Å². The van der Waals surface area contributed by atoms with Crippen LogP contribution in [0.5, 0.6) is 5.75 Å². The van der Waals surface area contributed by atoms with Crippen molar-refractivity contribution in [3.63, 3.8) is 0 Å². The van der Waals surface area contributed by atoms with Gasteiger partial charge in [-0.05, 0) is 61.7 Å². The number of carbonyl (C=O) groups is 1. The summed E-state index contributed by atoms with van der Waals surface area (Å²) in [4.78, 5) is 14.1. The number of hydrogen-bond acceptors (Lipinski definition) is 6. The molecule has 0 spiro atoms. The Morgan fingerprint density at radius 2 is 1.73 bits per heavy atom. The topological polar surface area (TPSA) is 95.7 Å². The Morgan fingerprint density at radius 3 is 2.33 bits per heavy atom. The molecule has 0 bridgehead atoms. The Labute approximate surface area is 180 Å². The number of thiophene rings is 1. The van der Waals surface area contributed by atoms with Gasteiger partial charge in [0.2, 0.25) is 10.0 Å². The molecule has 0 radical (unpaired) electrons. The lowest BCUT2D eigenvalue weighted by atomic mass is 9.99. The first-order chi connectivity index (χ1) is 14.3. The summed E-state index contributed by atoms with van der Waals surface area (Å²) < 4.78 is 34.0. The third-order valence-electron chi connectivity index (χ3n) is 4.49. The van der Waals surface area contributed by atoms with Crippen LogP contribution in [0.15, 0.2) is 53.4 Å². The first-order valence-electron chi connectivity index (χ1n) is 9.43. The highest BCUT2D eigenvalue weighted by Gasteiger charge is 2.24. The Morgan fingerprint density at radius 1 is 1.03 bits per heavy atom. The second kappa shape index (κ2) is 8.99. The van der Waals surface area contributed by atoms with Gasteiger partial charge in [0.05, 0.1) is 18.1 Å². The van der Waals surface area contributed by atoms with Crippen LogP contribution < -0.4 is 9.88 Å². The van der Waals surface area contributed by atoms with Crippen LogP contribution in [0.4, 0.5) is 0 Å². The predicted octanol–water partition coefficient (Wildman–Crippen LogP) is 4.61. The molecule has 0 aliphatic rings. The van der Waals surface area contributed by atoms with Crippen LogP contribution in [0.25, 0.3) is 21.6 Å². The summed E-state index contributed by atoms with van der Waals surface area (Å²) in [6.07, 6.45) is 0. The van der Waals surface area contributed by atoms with Gasteiger partial charge in [-0.1, -0.05) is 24.3 Å². The summed E-state index contributed by atoms with van der Waals surface area (Å²) in [6, 6.07) is 13.9. The maximum atomic E-state index is 12.7. The lowest BCUT2D eigenvalue weighted by Crippen LogP contribution is -2.11. The maximum Gasteiger partial charge on any atom is 0.348 e. The Balaban J connectivity index is 2.16. The van der Waals surface area contributed by atoms with Crippen molar-refractivity contribution in [2.75, 3.05) is 13.2 Å². The van der Waals surface area contributed by atoms with Crippen molar-refractivity contribution in [1.82, 2.24) is 0 Å². The van der Waals surface area contributed by atoms with Crippen LogP contribution in [-0.4, -0.2) is 27.6 Å². The summed E-state index contributed by atoms with van der Waals surface area (Å²) in [5.41, 5.74) is 3.27. The van der Waals surface area contributed by atoms with E-state index in [9.17, 15) is 13.2 Å². The van der Waals surface area contributed by atoms with Gasteiger partial charge in [-0.2, -0.15) is 0 Å². The van der Waals surface area contributed by atoms with E-state index in [0.29, 0.717) is 17.0 Å². The van der Waals surface area contributed by atoms with Crippen molar-refractivity contribution in [3.8, 4) is 27.3 Å². The lowest BCUT2D eigenvalue weighted by Gasteiger charge is -2.08.